The quantitative estimate of drug-likeness (QED) is 0.635. The van der Waals surface area contributed by atoms with Gasteiger partial charge in [0.25, 0.3) is 0 Å². The Bertz CT molecular complexity index is 415. The van der Waals surface area contributed by atoms with Crippen LogP contribution in [0.4, 0.5) is 0 Å². The average molecular weight is 233 g/mol. The third-order valence-electron chi connectivity index (χ3n) is 2.95. The zero-order chi connectivity index (χ0) is 11.4. The summed E-state index contributed by atoms with van der Waals surface area (Å²) < 4.78 is 0. The molecule has 0 fully saturated rings. The molecule has 1 aliphatic rings. The number of hydrogen-bond acceptors (Lipinski definition) is 0. The lowest BCUT2D eigenvalue weighted by atomic mass is 9.95. The fraction of sp³-hybridized carbons (Fsp3) is 0.333. The molecule has 2 rings (SSSR count). The van der Waals surface area contributed by atoms with E-state index in [2.05, 4.69) is 49.4 Å². The van der Waals surface area contributed by atoms with E-state index in [9.17, 15) is 0 Å². The topological polar surface area (TPSA) is 0 Å². The van der Waals surface area contributed by atoms with E-state index in [1.165, 1.54) is 24.8 Å². The van der Waals surface area contributed by atoms with Gasteiger partial charge in [-0.25, -0.2) is 0 Å². The van der Waals surface area contributed by atoms with Crippen molar-refractivity contribution >= 4 is 16.6 Å². The molecular weight excluding hydrogens is 216 g/mol. The van der Waals surface area contributed by atoms with Crippen molar-refractivity contribution in [2.45, 2.75) is 26.2 Å². The normalized spacial score (nSPS) is 21.1. The van der Waals surface area contributed by atoms with E-state index in [0.717, 1.165) is 10.6 Å². The van der Waals surface area contributed by atoms with Crippen LogP contribution in [0.3, 0.4) is 0 Å². The molecule has 1 aliphatic carbocycles. The molecule has 84 valence electrons. The molecule has 0 radical (unpaired) electrons. The molecule has 0 heterocycles. The van der Waals surface area contributed by atoms with E-state index in [1.54, 1.807) is 0 Å². The Morgan fingerprint density at radius 1 is 1.44 bits per heavy atom. The Balaban J connectivity index is 2.17. The molecule has 0 amide bonds. The van der Waals surface area contributed by atoms with Crippen molar-refractivity contribution in [3.63, 3.8) is 0 Å². The molecule has 1 aromatic carbocycles. The highest BCUT2D eigenvalue weighted by molar-refractivity contribution is 6.48. The van der Waals surface area contributed by atoms with Crippen LogP contribution in [0.5, 0.6) is 0 Å². The Labute approximate surface area is 103 Å². The highest BCUT2D eigenvalue weighted by atomic mass is 35.5. The monoisotopic (exact) mass is 232 g/mol. The second kappa shape index (κ2) is 5.36. The lowest BCUT2D eigenvalue weighted by Gasteiger charge is -2.12. The summed E-state index contributed by atoms with van der Waals surface area (Å²) in [6, 6.07) is 8.34. The van der Waals surface area contributed by atoms with Crippen LogP contribution in [-0.4, -0.2) is 0 Å². The maximum Gasteiger partial charge on any atom is 0.0444 e. The van der Waals surface area contributed by atoms with Crippen LogP contribution in [0.15, 0.2) is 42.5 Å². The fourth-order valence-corrected chi connectivity index (χ4v) is 2.33. The summed E-state index contributed by atoms with van der Waals surface area (Å²) in [6.07, 6.45) is 10.4. The molecule has 0 aromatic heterocycles. The van der Waals surface area contributed by atoms with Crippen LogP contribution >= 0.6 is 11.6 Å². The number of rotatable bonds is 2. The molecule has 1 heteroatoms. The largest absolute Gasteiger partial charge is 0.0879 e. The first-order chi connectivity index (χ1) is 7.75. The van der Waals surface area contributed by atoms with Crippen molar-refractivity contribution in [3.05, 3.63) is 53.6 Å². The second-order valence-corrected chi connectivity index (χ2v) is 4.81. The second-order valence-electron chi connectivity index (χ2n) is 4.41. The van der Waals surface area contributed by atoms with Crippen LogP contribution in [0.1, 0.15) is 30.4 Å². The highest BCUT2D eigenvalue weighted by Gasteiger charge is 2.07. The molecule has 1 atom stereocenters. The maximum absolute atomic E-state index is 6.34. The van der Waals surface area contributed by atoms with Gasteiger partial charge in [0.1, 0.15) is 0 Å². The van der Waals surface area contributed by atoms with Crippen LogP contribution in [-0.2, 0) is 0 Å². The van der Waals surface area contributed by atoms with Crippen molar-refractivity contribution < 1.29 is 0 Å². The number of halogens is 1. The first kappa shape index (κ1) is 11.5. The zero-order valence-electron chi connectivity index (χ0n) is 9.62. The van der Waals surface area contributed by atoms with Crippen molar-refractivity contribution in [1.29, 1.82) is 0 Å². The molecule has 0 spiro atoms. The summed E-state index contributed by atoms with van der Waals surface area (Å²) >= 11 is 6.34. The van der Waals surface area contributed by atoms with Gasteiger partial charge in [-0.15, -0.1) is 0 Å². The van der Waals surface area contributed by atoms with Gasteiger partial charge in [-0.2, -0.15) is 0 Å². The van der Waals surface area contributed by atoms with E-state index in [4.69, 9.17) is 11.6 Å². The summed E-state index contributed by atoms with van der Waals surface area (Å²) in [4.78, 5) is 0. The van der Waals surface area contributed by atoms with Gasteiger partial charge >= 0.3 is 0 Å². The average Bonchev–Trinajstić information content (AvgIpc) is 2.30. The molecule has 1 unspecified atom stereocenters. The predicted molar refractivity (Wildman–Crippen MR) is 71.5 cm³/mol. The highest BCUT2D eigenvalue weighted by Crippen LogP contribution is 2.26. The van der Waals surface area contributed by atoms with E-state index < -0.39 is 0 Å². The summed E-state index contributed by atoms with van der Waals surface area (Å²) in [7, 11) is 0. The lowest BCUT2D eigenvalue weighted by Crippen LogP contribution is -1.97. The smallest absolute Gasteiger partial charge is 0.0444 e. The number of hydrogen-bond donors (Lipinski definition) is 0. The molecule has 0 saturated carbocycles. The number of allylic oxidation sites excluding steroid dienone is 3. The zero-order valence-corrected chi connectivity index (χ0v) is 10.4. The molecule has 0 N–H and O–H groups in total. The van der Waals surface area contributed by atoms with E-state index >= 15 is 0 Å². The lowest BCUT2D eigenvalue weighted by molar-refractivity contribution is 0.632. The number of benzene rings is 1. The minimum Gasteiger partial charge on any atom is -0.0879 e. The fourth-order valence-electron chi connectivity index (χ4n) is 2.06. The minimum atomic E-state index is 0.516. The molecule has 0 saturated heterocycles. The molecule has 0 nitrogen and oxygen atoms in total. The first-order valence-corrected chi connectivity index (χ1v) is 6.24. The van der Waals surface area contributed by atoms with Gasteiger partial charge < -0.3 is 0 Å². The van der Waals surface area contributed by atoms with Gasteiger partial charge in [-0.3, -0.25) is 0 Å². The van der Waals surface area contributed by atoms with E-state index in [1.807, 2.05) is 0 Å². The maximum atomic E-state index is 6.34. The van der Waals surface area contributed by atoms with Gasteiger partial charge in [-0.05, 0) is 37.7 Å². The SMILES string of the molecule is Cc1cccc(/C(Cl)=C/C2C=CCCC2)c1. The Kier molecular flexibility index (Phi) is 3.84. The van der Waals surface area contributed by atoms with Crippen molar-refractivity contribution in [3.8, 4) is 0 Å². The van der Waals surface area contributed by atoms with Gasteiger partial charge in [0.05, 0.1) is 0 Å². The molecule has 0 bridgehead atoms. The minimum absolute atomic E-state index is 0.516. The summed E-state index contributed by atoms with van der Waals surface area (Å²) in [6.45, 7) is 2.09. The molecular formula is C15H17Cl. The standard InChI is InChI=1S/C15H17Cl/c1-12-6-5-9-14(10-12)15(16)11-13-7-3-2-4-8-13/h3,5-7,9-11,13H,2,4,8H2,1H3/b15-11-. The van der Waals surface area contributed by atoms with Crippen LogP contribution in [0, 0.1) is 12.8 Å². The molecule has 0 aliphatic heterocycles. The molecule has 16 heavy (non-hydrogen) atoms. The van der Waals surface area contributed by atoms with E-state index in [0.29, 0.717) is 5.92 Å². The van der Waals surface area contributed by atoms with E-state index in [-0.39, 0.29) is 0 Å². The van der Waals surface area contributed by atoms with Gasteiger partial charge in [-0.1, -0.05) is 59.7 Å². The Hall–Kier alpha value is -1.01. The third-order valence-corrected chi connectivity index (χ3v) is 3.29. The predicted octanol–water partition coefficient (Wildman–Crippen LogP) is 4.93. The molecule has 1 aromatic rings. The Morgan fingerprint density at radius 2 is 2.31 bits per heavy atom. The summed E-state index contributed by atoms with van der Waals surface area (Å²) in [5.74, 6) is 0.516. The third kappa shape index (κ3) is 2.99. The van der Waals surface area contributed by atoms with Gasteiger partial charge in [0, 0.05) is 5.03 Å². The first-order valence-electron chi connectivity index (χ1n) is 5.87. The van der Waals surface area contributed by atoms with Crippen LogP contribution < -0.4 is 0 Å². The number of aryl methyl sites for hydroxylation is 1. The van der Waals surface area contributed by atoms with Gasteiger partial charge in [0.15, 0.2) is 0 Å². The summed E-state index contributed by atoms with van der Waals surface area (Å²) in [5, 5.41) is 0.875. The van der Waals surface area contributed by atoms with Crippen molar-refractivity contribution in [1.82, 2.24) is 0 Å². The Morgan fingerprint density at radius 3 is 3.00 bits per heavy atom. The van der Waals surface area contributed by atoms with Crippen molar-refractivity contribution in [2.24, 2.45) is 5.92 Å². The van der Waals surface area contributed by atoms with Gasteiger partial charge in [0.2, 0.25) is 0 Å². The van der Waals surface area contributed by atoms with Crippen LogP contribution in [0.25, 0.3) is 5.03 Å². The summed E-state index contributed by atoms with van der Waals surface area (Å²) in [5.41, 5.74) is 2.38. The van der Waals surface area contributed by atoms with Crippen LogP contribution in [0.2, 0.25) is 0 Å². The van der Waals surface area contributed by atoms with Crippen molar-refractivity contribution in [2.75, 3.05) is 0 Å².